The number of carbonyl (C=O) groups excluding carboxylic acids is 1. The van der Waals surface area contributed by atoms with Crippen molar-refractivity contribution in [3.8, 4) is 5.75 Å². The van der Waals surface area contributed by atoms with Crippen LogP contribution in [-0.4, -0.2) is 44.6 Å². The number of amides is 1. The smallest absolute Gasteiger partial charge is 0.267 e. The molecular formula is C20H22N4O2S. The molecule has 3 heterocycles. The lowest BCUT2D eigenvalue weighted by atomic mass is 10.1. The molecule has 0 aliphatic carbocycles. The molecule has 27 heavy (non-hydrogen) atoms. The van der Waals surface area contributed by atoms with Crippen molar-refractivity contribution in [2.45, 2.75) is 38.7 Å². The second kappa shape index (κ2) is 8.00. The van der Waals surface area contributed by atoms with E-state index in [4.69, 9.17) is 4.74 Å². The molecule has 0 atom stereocenters. The largest absolute Gasteiger partial charge is 0.488 e. The summed E-state index contributed by atoms with van der Waals surface area (Å²) in [6.45, 7) is 3.45. The number of likely N-dealkylation sites (tertiary alicyclic amines) is 1. The molecule has 3 aromatic rings. The van der Waals surface area contributed by atoms with Crippen LogP contribution in [0.25, 0.3) is 10.9 Å². The Labute approximate surface area is 162 Å². The second-order valence-electron chi connectivity index (χ2n) is 6.74. The van der Waals surface area contributed by atoms with E-state index in [-0.39, 0.29) is 12.0 Å². The lowest BCUT2D eigenvalue weighted by Gasteiger charge is -2.32. The van der Waals surface area contributed by atoms with Gasteiger partial charge in [-0.15, -0.1) is 5.10 Å². The molecule has 7 heteroatoms. The summed E-state index contributed by atoms with van der Waals surface area (Å²) in [4.78, 5) is 19.8. The van der Waals surface area contributed by atoms with Crippen LogP contribution in [0, 0.1) is 0 Å². The molecular weight excluding hydrogens is 360 g/mol. The lowest BCUT2D eigenvalue weighted by Crippen LogP contribution is -2.41. The predicted molar refractivity (Wildman–Crippen MR) is 105 cm³/mol. The zero-order valence-corrected chi connectivity index (χ0v) is 16.1. The normalized spacial score (nSPS) is 15.2. The first-order chi connectivity index (χ1) is 13.3. The van der Waals surface area contributed by atoms with Gasteiger partial charge in [0.15, 0.2) is 0 Å². The van der Waals surface area contributed by atoms with Crippen LogP contribution in [0.4, 0.5) is 0 Å². The SMILES string of the molecule is CCCc1nnsc1C(=O)N1CCC(Oc2cccc3cccnc23)CC1. The van der Waals surface area contributed by atoms with Gasteiger partial charge in [0.25, 0.3) is 5.91 Å². The fourth-order valence-electron chi connectivity index (χ4n) is 3.44. The van der Waals surface area contributed by atoms with Crippen LogP contribution < -0.4 is 4.74 Å². The van der Waals surface area contributed by atoms with Crippen LogP contribution in [0.1, 0.15) is 41.6 Å². The van der Waals surface area contributed by atoms with Crippen LogP contribution in [0.3, 0.4) is 0 Å². The Balaban J connectivity index is 1.40. The van der Waals surface area contributed by atoms with E-state index in [1.165, 1.54) is 11.5 Å². The highest BCUT2D eigenvalue weighted by atomic mass is 32.1. The third-order valence-electron chi connectivity index (χ3n) is 4.86. The summed E-state index contributed by atoms with van der Waals surface area (Å²) in [6, 6.07) is 9.95. The van der Waals surface area contributed by atoms with E-state index in [0.29, 0.717) is 18.0 Å². The first-order valence-electron chi connectivity index (χ1n) is 9.37. The maximum atomic E-state index is 12.8. The summed E-state index contributed by atoms with van der Waals surface area (Å²) < 4.78 is 10.2. The van der Waals surface area contributed by atoms with Crippen molar-refractivity contribution < 1.29 is 9.53 Å². The number of aryl methyl sites for hydroxylation is 1. The molecule has 1 aromatic carbocycles. The molecule has 0 saturated carbocycles. The molecule has 1 aliphatic heterocycles. The number of piperidine rings is 1. The first-order valence-corrected chi connectivity index (χ1v) is 10.1. The predicted octanol–water partition coefficient (Wildman–Crippen LogP) is 3.72. The number of ether oxygens (including phenoxy) is 1. The van der Waals surface area contributed by atoms with Gasteiger partial charge in [0.05, 0.1) is 5.69 Å². The number of rotatable bonds is 5. The standard InChI is InChI=1S/C20H22N4O2S/c1-2-5-16-19(27-23-22-16)20(25)24-12-9-15(10-13-24)26-17-8-3-6-14-7-4-11-21-18(14)17/h3-4,6-8,11,15H,2,5,9-10,12-13H2,1H3. The lowest BCUT2D eigenvalue weighted by molar-refractivity contribution is 0.0601. The third-order valence-corrected chi connectivity index (χ3v) is 5.61. The highest BCUT2D eigenvalue weighted by molar-refractivity contribution is 7.08. The van der Waals surface area contributed by atoms with Gasteiger partial charge in [0, 0.05) is 37.5 Å². The van der Waals surface area contributed by atoms with Gasteiger partial charge >= 0.3 is 0 Å². The van der Waals surface area contributed by atoms with Crippen molar-refractivity contribution in [2.24, 2.45) is 0 Å². The summed E-state index contributed by atoms with van der Waals surface area (Å²) in [6.07, 6.45) is 5.25. The Morgan fingerprint density at radius 2 is 2.07 bits per heavy atom. The summed E-state index contributed by atoms with van der Waals surface area (Å²) in [5.41, 5.74) is 1.71. The fraction of sp³-hybridized carbons (Fsp3) is 0.400. The monoisotopic (exact) mass is 382 g/mol. The topological polar surface area (TPSA) is 68.2 Å². The molecule has 0 unspecified atom stereocenters. The average molecular weight is 382 g/mol. The summed E-state index contributed by atoms with van der Waals surface area (Å²) in [5, 5.41) is 5.18. The van der Waals surface area contributed by atoms with E-state index in [1.54, 1.807) is 6.20 Å². The van der Waals surface area contributed by atoms with Gasteiger partial charge in [-0.05, 0) is 30.1 Å². The minimum absolute atomic E-state index is 0.0544. The van der Waals surface area contributed by atoms with Crippen LogP contribution in [0.5, 0.6) is 5.75 Å². The number of fused-ring (bicyclic) bond motifs is 1. The number of benzene rings is 1. The van der Waals surface area contributed by atoms with Crippen LogP contribution >= 0.6 is 11.5 Å². The number of nitrogens with zero attached hydrogens (tertiary/aromatic N) is 4. The number of hydrogen-bond acceptors (Lipinski definition) is 6. The van der Waals surface area contributed by atoms with E-state index in [2.05, 4.69) is 21.5 Å². The van der Waals surface area contributed by atoms with Gasteiger partial charge in [0.1, 0.15) is 22.2 Å². The molecule has 0 bridgehead atoms. The van der Waals surface area contributed by atoms with Crippen molar-refractivity contribution in [3.05, 3.63) is 47.1 Å². The highest BCUT2D eigenvalue weighted by Crippen LogP contribution is 2.27. The van der Waals surface area contributed by atoms with E-state index < -0.39 is 0 Å². The van der Waals surface area contributed by atoms with E-state index in [1.807, 2.05) is 35.2 Å². The Morgan fingerprint density at radius 3 is 2.89 bits per heavy atom. The summed E-state index contributed by atoms with van der Waals surface area (Å²) in [7, 11) is 0. The Hall–Kier alpha value is -2.54. The maximum absolute atomic E-state index is 12.8. The van der Waals surface area contributed by atoms with Gasteiger partial charge in [-0.3, -0.25) is 9.78 Å². The third kappa shape index (κ3) is 3.78. The van der Waals surface area contributed by atoms with Crippen molar-refractivity contribution in [2.75, 3.05) is 13.1 Å². The van der Waals surface area contributed by atoms with Crippen LogP contribution in [0.2, 0.25) is 0 Å². The fourth-order valence-corrected chi connectivity index (χ4v) is 4.12. The molecule has 6 nitrogen and oxygen atoms in total. The Morgan fingerprint density at radius 1 is 1.26 bits per heavy atom. The minimum Gasteiger partial charge on any atom is -0.488 e. The average Bonchev–Trinajstić information content (AvgIpc) is 3.17. The van der Waals surface area contributed by atoms with Crippen molar-refractivity contribution in [1.82, 2.24) is 19.5 Å². The van der Waals surface area contributed by atoms with Crippen LogP contribution in [0.15, 0.2) is 36.5 Å². The molecule has 140 valence electrons. The van der Waals surface area contributed by atoms with E-state index in [9.17, 15) is 4.79 Å². The van der Waals surface area contributed by atoms with Gasteiger partial charge < -0.3 is 9.64 Å². The van der Waals surface area contributed by atoms with Crippen molar-refractivity contribution in [3.63, 3.8) is 0 Å². The van der Waals surface area contributed by atoms with E-state index in [0.717, 1.165) is 48.0 Å². The maximum Gasteiger partial charge on any atom is 0.267 e. The molecule has 2 aromatic heterocycles. The summed E-state index contributed by atoms with van der Waals surface area (Å²) >= 11 is 1.20. The van der Waals surface area contributed by atoms with Gasteiger partial charge in [-0.25, -0.2) is 0 Å². The van der Waals surface area contributed by atoms with Gasteiger partial charge in [-0.1, -0.05) is 36.0 Å². The molecule has 4 rings (SSSR count). The molecule has 0 N–H and O–H groups in total. The number of aromatic nitrogens is 3. The number of pyridine rings is 1. The van der Waals surface area contributed by atoms with Crippen molar-refractivity contribution >= 4 is 28.3 Å². The molecule has 0 spiro atoms. The first kappa shape index (κ1) is 17.9. The minimum atomic E-state index is 0.0544. The highest BCUT2D eigenvalue weighted by Gasteiger charge is 2.27. The van der Waals surface area contributed by atoms with Crippen LogP contribution in [-0.2, 0) is 6.42 Å². The Kier molecular flexibility index (Phi) is 5.29. The molecule has 1 saturated heterocycles. The zero-order valence-electron chi connectivity index (χ0n) is 15.3. The number of carbonyl (C=O) groups is 1. The molecule has 1 amide bonds. The van der Waals surface area contributed by atoms with E-state index >= 15 is 0 Å². The number of para-hydroxylation sites is 1. The second-order valence-corrected chi connectivity index (χ2v) is 7.49. The molecule has 1 aliphatic rings. The van der Waals surface area contributed by atoms with Gasteiger partial charge in [0.2, 0.25) is 0 Å². The quantitative estimate of drug-likeness (QED) is 0.673. The summed E-state index contributed by atoms with van der Waals surface area (Å²) in [5.74, 6) is 0.869. The Bertz CT molecular complexity index is 929. The molecule has 1 fully saturated rings. The van der Waals surface area contributed by atoms with Crippen molar-refractivity contribution in [1.29, 1.82) is 0 Å². The zero-order chi connectivity index (χ0) is 18.6. The molecule has 0 radical (unpaired) electrons. The number of hydrogen-bond donors (Lipinski definition) is 0. The van der Waals surface area contributed by atoms with Gasteiger partial charge in [-0.2, -0.15) is 0 Å².